The lowest BCUT2D eigenvalue weighted by Crippen LogP contribution is -2.20. The molecule has 0 spiro atoms. The van der Waals surface area contributed by atoms with Crippen LogP contribution < -0.4 is 10.6 Å². The highest BCUT2D eigenvalue weighted by Crippen LogP contribution is 2.22. The molecule has 1 saturated heterocycles. The fraction of sp³-hybridized carbons (Fsp3) is 0.316. The minimum atomic E-state index is -2.53. The standard InChI is InChI=1S/C19H20F2N6O/c1-12-7-16(23-14-5-6-28-10-14)24-17(8-12)25-19-22-11-27(26-19)15-4-2-3-13(9-15)18(20)21/h2-4,7-9,11,14,18H,5-6,10H2,1H3,(H2,23,24,25,26). The third-order valence-electron chi connectivity index (χ3n) is 4.37. The zero-order valence-electron chi connectivity index (χ0n) is 15.3. The van der Waals surface area contributed by atoms with E-state index in [2.05, 4.69) is 25.7 Å². The van der Waals surface area contributed by atoms with Gasteiger partial charge in [-0.3, -0.25) is 0 Å². The van der Waals surface area contributed by atoms with Gasteiger partial charge in [-0.15, -0.1) is 5.10 Å². The maximum absolute atomic E-state index is 12.9. The molecule has 28 heavy (non-hydrogen) atoms. The van der Waals surface area contributed by atoms with E-state index in [9.17, 15) is 8.78 Å². The first-order chi connectivity index (χ1) is 13.6. The number of anilines is 3. The Labute approximate surface area is 160 Å². The molecule has 0 bridgehead atoms. The number of pyridine rings is 1. The molecule has 2 N–H and O–H groups in total. The van der Waals surface area contributed by atoms with Gasteiger partial charge in [0.15, 0.2) is 0 Å². The van der Waals surface area contributed by atoms with Crippen LogP contribution >= 0.6 is 0 Å². The molecular formula is C19H20F2N6O. The molecule has 1 unspecified atom stereocenters. The summed E-state index contributed by atoms with van der Waals surface area (Å²) < 4.78 is 32.6. The predicted octanol–water partition coefficient (Wildman–Crippen LogP) is 3.85. The summed E-state index contributed by atoms with van der Waals surface area (Å²) in [6.45, 7) is 3.40. The number of ether oxygens (including phenoxy) is 1. The van der Waals surface area contributed by atoms with Crippen molar-refractivity contribution < 1.29 is 13.5 Å². The number of aromatic nitrogens is 4. The van der Waals surface area contributed by atoms with Crippen molar-refractivity contribution in [3.8, 4) is 5.69 Å². The first-order valence-corrected chi connectivity index (χ1v) is 8.97. The number of aryl methyl sites for hydroxylation is 1. The molecule has 1 atom stereocenters. The van der Waals surface area contributed by atoms with Gasteiger partial charge in [0.25, 0.3) is 6.43 Å². The van der Waals surface area contributed by atoms with E-state index in [1.165, 1.54) is 23.1 Å². The van der Waals surface area contributed by atoms with Gasteiger partial charge >= 0.3 is 0 Å². The Bertz CT molecular complexity index is 955. The van der Waals surface area contributed by atoms with Crippen LogP contribution in [0, 0.1) is 6.92 Å². The van der Waals surface area contributed by atoms with Gasteiger partial charge in [-0.05, 0) is 43.2 Å². The largest absolute Gasteiger partial charge is 0.379 e. The van der Waals surface area contributed by atoms with Crippen LogP contribution in [0.3, 0.4) is 0 Å². The lowest BCUT2D eigenvalue weighted by Gasteiger charge is -2.13. The maximum atomic E-state index is 12.9. The van der Waals surface area contributed by atoms with E-state index in [4.69, 9.17) is 4.74 Å². The Hall–Kier alpha value is -3.07. The van der Waals surface area contributed by atoms with Crippen molar-refractivity contribution in [2.75, 3.05) is 23.8 Å². The van der Waals surface area contributed by atoms with Crippen LogP contribution in [0.1, 0.15) is 24.0 Å². The molecule has 3 heterocycles. The summed E-state index contributed by atoms with van der Waals surface area (Å²) in [6, 6.07) is 10.1. The number of hydrogen-bond acceptors (Lipinski definition) is 6. The van der Waals surface area contributed by atoms with Gasteiger partial charge in [0.1, 0.15) is 18.0 Å². The molecule has 9 heteroatoms. The normalized spacial score (nSPS) is 16.5. The summed E-state index contributed by atoms with van der Waals surface area (Å²) >= 11 is 0. The van der Waals surface area contributed by atoms with Gasteiger partial charge in [-0.25, -0.2) is 18.4 Å². The SMILES string of the molecule is Cc1cc(Nc2ncn(-c3cccc(C(F)F)c3)n2)nc(NC2CCOC2)c1. The highest BCUT2D eigenvalue weighted by molar-refractivity contribution is 5.54. The van der Waals surface area contributed by atoms with Gasteiger partial charge in [-0.2, -0.15) is 4.98 Å². The second-order valence-corrected chi connectivity index (χ2v) is 6.65. The highest BCUT2D eigenvalue weighted by Gasteiger charge is 2.16. The van der Waals surface area contributed by atoms with Crippen molar-refractivity contribution >= 4 is 17.6 Å². The van der Waals surface area contributed by atoms with Crippen molar-refractivity contribution in [1.29, 1.82) is 0 Å². The highest BCUT2D eigenvalue weighted by atomic mass is 19.3. The average Bonchev–Trinajstić information content (AvgIpc) is 3.33. The lowest BCUT2D eigenvalue weighted by molar-refractivity contribution is 0.151. The van der Waals surface area contributed by atoms with E-state index in [0.717, 1.165) is 24.4 Å². The Kier molecular flexibility index (Phi) is 5.16. The molecule has 0 amide bonds. The van der Waals surface area contributed by atoms with Crippen molar-refractivity contribution in [3.05, 3.63) is 53.9 Å². The van der Waals surface area contributed by atoms with Crippen LogP contribution in [0.15, 0.2) is 42.7 Å². The Morgan fingerprint density at radius 1 is 1.21 bits per heavy atom. The van der Waals surface area contributed by atoms with Crippen molar-refractivity contribution in [1.82, 2.24) is 19.7 Å². The van der Waals surface area contributed by atoms with Crippen LogP contribution in [0.2, 0.25) is 0 Å². The number of benzene rings is 1. The molecule has 0 saturated carbocycles. The average molecular weight is 386 g/mol. The third-order valence-corrected chi connectivity index (χ3v) is 4.37. The van der Waals surface area contributed by atoms with Crippen LogP contribution in [0.25, 0.3) is 5.69 Å². The first-order valence-electron chi connectivity index (χ1n) is 8.97. The van der Waals surface area contributed by atoms with Crippen LogP contribution in [-0.4, -0.2) is 39.0 Å². The van der Waals surface area contributed by atoms with Gasteiger partial charge in [0, 0.05) is 12.2 Å². The molecular weight excluding hydrogens is 366 g/mol. The minimum absolute atomic E-state index is 0.0607. The van der Waals surface area contributed by atoms with E-state index < -0.39 is 6.43 Å². The first kappa shape index (κ1) is 18.3. The Balaban J connectivity index is 1.50. The molecule has 146 valence electrons. The van der Waals surface area contributed by atoms with Crippen molar-refractivity contribution in [3.63, 3.8) is 0 Å². The maximum Gasteiger partial charge on any atom is 0.263 e. The van der Waals surface area contributed by atoms with Gasteiger partial charge in [0.05, 0.1) is 18.3 Å². The molecule has 1 aliphatic heterocycles. The topological polar surface area (TPSA) is 76.9 Å². The molecule has 0 radical (unpaired) electrons. The molecule has 1 aliphatic rings. The van der Waals surface area contributed by atoms with Crippen LogP contribution in [0.4, 0.5) is 26.4 Å². The van der Waals surface area contributed by atoms with E-state index in [1.54, 1.807) is 12.1 Å². The van der Waals surface area contributed by atoms with Crippen molar-refractivity contribution in [2.24, 2.45) is 0 Å². The molecule has 7 nitrogen and oxygen atoms in total. The molecule has 2 aromatic heterocycles. The fourth-order valence-electron chi connectivity index (χ4n) is 3.03. The Morgan fingerprint density at radius 3 is 2.86 bits per heavy atom. The second kappa shape index (κ2) is 7.89. The number of nitrogens with zero attached hydrogens (tertiary/aromatic N) is 4. The van der Waals surface area contributed by atoms with Gasteiger partial charge in [-0.1, -0.05) is 12.1 Å². The van der Waals surface area contributed by atoms with E-state index >= 15 is 0 Å². The molecule has 4 rings (SSSR count). The monoisotopic (exact) mass is 386 g/mol. The number of hydrogen-bond donors (Lipinski definition) is 2. The van der Waals surface area contributed by atoms with Crippen LogP contribution in [0.5, 0.6) is 0 Å². The number of alkyl halides is 2. The number of halogens is 2. The molecule has 1 fully saturated rings. The molecule has 0 aliphatic carbocycles. The number of rotatable bonds is 6. The Morgan fingerprint density at radius 2 is 2.07 bits per heavy atom. The zero-order chi connectivity index (χ0) is 19.5. The minimum Gasteiger partial charge on any atom is -0.379 e. The van der Waals surface area contributed by atoms with Crippen LogP contribution in [-0.2, 0) is 4.74 Å². The number of nitrogens with one attached hydrogen (secondary N) is 2. The van der Waals surface area contributed by atoms with E-state index in [1.807, 2.05) is 19.1 Å². The zero-order valence-corrected chi connectivity index (χ0v) is 15.3. The summed E-state index contributed by atoms with van der Waals surface area (Å²) in [7, 11) is 0. The van der Waals surface area contributed by atoms with Gasteiger partial charge in [0.2, 0.25) is 5.95 Å². The summed E-state index contributed by atoms with van der Waals surface area (Å²) in [4.78, 5) is 8.74. The smallest absolute Gasteiger partial charge is 0.263 e. The summed E-state index contributed by atoms with van der Waals surface area (Å²) in [5.41, 5.74) is 1.48. The quantitative estimate of drug-likeness (QED) is 0.670. The summed E-state index contributed by atoms with van der Waals surface area (Å²) in [5, 5.41) is 10.7. The third kappa shape index (κ3) is 4.25. The lowest BCUT2D eigenvalue weighted by atomic mass is 10.2. The predicted molar refractivity (Wildman–Crippen MR) is 101 cm³/mol. The summed E-state index contributed by atoms with van der Waals surface area (Å²) in [6.07, 6.45) is -0.117. The van der Waals surface area contributed by atoms with Crippen molar-refractivity contribution in [2.45, 2.75) is 25.8 Å². The second-order valence-electron chi connectivity index (χ2n) is 6.65. The molecule has 1 aromatic carbocycles. The molecule has 3 aromatic rings. The fourth-order valence-corrected chi connectivity index (χ4v) is 3.03. The van der Waals surface area contributed by atoms with E-state index in [-0.39, 0.29) is 11.6 Å². The van der Waals surface area contributed by atoms with Gasteiger partial charge < -0.3 is 15.4 Å². The van der Waals surface area contributed by atoms with E-state index in [0.29, 0.717) is 24.1 Å². The summed E-state index contributed by atoms with van der Waals surface area (Å²) in [5.74, 6) is 1.68.